The van der Waals surface area contributed by atoms with Gasteiger partial charge in [-0.1, -0.05) is 41.7 Å². The molecule has 2 aliphatic heterocycles. The molecular weight excluding hydrogens is 733 g/mol. The van der Waals surface area contributed by atoms with Gasteiger partial charge in [-0.2, -0.15) is 12.6 Å². The van der Waals surface area contributed by atoms with Gasteiger partial charge in [0.05, 0.1) is 43.1 Å². The molecule has 2 amide bonds. The first-order chi connectivity index (χ1) is 25.4. The lowest BCUT2D eigenvalue weighted by atomic mass is 9.80. The Kier molecular flexibility index (Phi) is 10.1. The first-order valence-corrected chi connectivity index (χ1v) is 20.4. The van der Waals surface area contributed by atoms with Crippen LogP contribution in [0.5, 0.6) is 0 Å². The molecule has 10 nitrogen and oxygen atoms in total. The standard InChI is InChI=1S/C41H49N6O4S2Si/c1-38(2,3)50-36(48)46-18-8-16-40(7,34(46)52)33-42-23-31(44-33)29-13-12-25-20-26(10-11-27(25)21-29)28-14-15-30-32(22-28)53-35(45-30)43-24-41(54)17-9-19-47(41)37(49)51-39(4,5)6/h10-15,20-23,34,52H,8-9,16-19,24H2,1-7H3,(H,42,44)(H,43,45). The number of benzene rings is 3. The highest BCUT2D eigenvalue weighted by atomic mass is 32.1. The van der Waals surface area contributed by atoms with E-state index in [0.29, 0.717) is 19.6 Å². The Morgan fingerprint density at radius 3 is 2.28 bits per heavy atom. The molecule has 0 aliphatic carbocycles. The van der Waals surface area contributed by atoms with E-state index in [1.807, 2.05) is 47.7 Å². The van der Waals surface area contributed by atoms with Crippen molar-refractivity contribution in [2.45, 2.75) is 101 Å². The summed E-state index contributed by atoms with van der Waals surface area (Å²) in [5, 5.41) is 5.64. The maximum atomic E-state index is 13.0. The lowest BCUT2D eigenvalue weighted by molar-refractivity contribution is 0.00955. The maximum Gasteiger partial charge on any atom is 0.411 e. The van der Waals surface area contributed by atoms with Crippen molar-refractivity contribution in [3.05, 3.63) is 66.6 Å². The molecule has 3 atom stereocenters. The van der Waals surface area contributed by atoms with E-state index in [0.717, 1.165) is 80.0 Å². The summed E-state index contributed by atoms with van der Waals surface area (Å²) in [6, 6.07) is 19.4. The highest BCUT2D eigenvalue weighted by Gasteiger charge is 2.46. The van der Waals surface area contributed by atoms with Gasteiger partial charge in [0.15, 0.2) is 5.13 Å². The third-order valence-corrected chi connectivity index (χ3v) is 12.7. The van der Waals surface area contributed by atoms with Gasteiger partial charge < -0.3 is 24.7 Å². The van der Waals surface area contributed by atoms with Crippen LogP contribution in [0.15, 0.2) is 60.8 Å². The number of rotatable bonds is 6. The van der Waals surface area contributed by atoms with Gasteiger partial charge in [-0.15, -0.1) is 0 Å². The second-order valence-electron chi connectivity index (χ2n) is 16.8. The number of anilines is 1. The van der Waals surface area contributed by atoms with Crippen molar-refractivity contribution in [3.63, 3.8) is 0 Å². The number of fused-ring (bicyclic) bond motifs is 2. The maximum absolute atomic E-state index is 13.0. The Labute approximate surface area is 330 Å². The molecule has 2 N–H and O–H groups in total. The van der Waals surface area contributed by atoms with Crippen molar-refractivity contribution in [2.75, 3.05) is 25.0 Å². The Morgan fingerprint density at radius 1 is 0.926 bits per heavy atom. The molecule has 2 aliphatic rings. The number of aromatic amines is 1. The minimum Gasteiger partial charge on any atom is -0.444 e. The predicted octanol–water partition coefficient (Wildman–Crippen LogP) is 9.36. The number of piperidine rings is 1. The van der Waals surface area contributed by atoms with Crippen molar-refractivity contribution in [1.82, 2.24) is 24.8 Å². The van der Waals surface area contributed by atoms with Gasteiger partial charge in [-0.25, -0.2) is 19.6 Å². The lowest BCUT2D eigenvalue weighted by Crippen LogP contribution is -2.54. The summed E-state index contributed by atoms with van der Waals surface area (Å²) in [6.45, 7) is 15.2. The number of thiol groups is 1. The Hall–Kier alpha value is -4.07. The second kappa shape index (κ2) is 14.2. The van der Waals surface area contributed by atoms with E-state index in [9.17, 15) is 9.59 Å². The minimum absolute atomic E-state index is 0.307. The number of hydrogen-bond donors (Lipinski definition) is 3. The quantitative estimate of drug-likeness (QED) is 0.116. The van der Waals surface area contributed by atoms with Crippen LogP contribution in [0.25, 0.3) is 43.4 Å². The van der Waals surface area contributed by atoms with Crippen molar-refractivity contribution in [2.24, 2.45) is 0 Å². The number of H-pyrrole nitrogens is 1. The number of imidazole rings is 1. The normalized spacial score (nSPS) is 22.2. The summed E-state index contributed by atoms with van der Waals surface area (Å²) in [6.07, 6.45) is 4.63. The van der Waals surface area contributed by atoms with Gasteiger partial charge in [-0.05, 0) is 120 Å². The molecule has 7 rings (SSSR count). The van der Waals surface area contributed by atoms with Crippen LogP contribution in [0.1, 0.15) is 80.0 Å². The van der Waals surface area contributed by atoms with E-state index >= 15 is 0 Å². The molecule has 2 aromatic heterocycles. The van der Waals surface area contributed by atoms with E-state index in [-0.39, 0.29) is 17.6 Å². The molecule has 0 saturated carbocycles. The Balaban J connectivity index is 1.05. The summed E-state index contributed by atoms with van der Waals surface area (Å²) in [4.78, 5) is 42.6. The minimum atomic E-state index is -0.576. The van der Waals surface area contributed by atoms with Crippen LogP contribution in [-0.2, 0) is 14.9 Å². The number of amides is 2. The Bertz CT molecular complexity index is 2210. The monoisotopic (exact) mass is 781 g/mol. The summed E-state index contributed by atoms with van der Waals surface area (Å²) in [5.74, 6) is 0.811. The Morgan fingerprint density at radius 2 is 1.56 bits per heavy atom. The van der Waals surface area contributed by atoms with Crippen LogP contribution in [0.4, 0.5) is 14.7 Å². The van der Waals surface area contributed by atoms with E-state index in [1.54, 1.807) is 21.1 Å². The average Bonchev–Trinajstić information content (AvgIpc) is 3.85. The molecular formula is C41H49N6O4S2Si. The largest absolute Gasteiger partial charge is 0.444 e. The number of nitrogens with zero attached hydrogens (tertiary/aromatic N) is 4. The van der Waals surface area contributed by atoms with Crippen molar-refractivity contribution < 1.29 is 19.1 Å². The molecule has 2 saturated heterocycles. The molecule has 0 spiro atoms. The fourth-order valence-corrected chi connectivity index (χ4v) is 9.19. The van der Waals surface area contributed by atoms with Gasteiger partial charge in [0, 0.05) is 30.4 Å². The SMILES string of the molecule is CC(C)(C)OC(=O)N1CCCC(C)(c2ncc(-c3ccc4cc(-c5ccc6nc(NCC7([Si])CCCN7C(=O)OC(C)(C)C)sc6c5)ccc4c3)[nH]2)C1S. The average molecular weight is 782 g/mol. The van der Waals surface area contributed by atoms with Gasteiger partial charge in [0.25, 0.3) is 0 Å². The molecule has 2 fully saturated rings. The number of ether oxygens (including phenoxy) is 2. The molecule has 13 heteroatoms. The zero-order valence-corrected chi connectivity index (χ0v) is 34.8. The van der Waals surface area contributed by atoms with Crippen LogP contribution >= 0.6 is 24.0 Å². The fraction of sp³-hybridized carbons (Fsp3) is 0.463. The molecule has 3 unspecified atom stereocenters. The number of aromatic nitrogens is 3. The van der Waals surface area contributed by atoms with Crippen LogP contribution in [0.2, 0.25) is 0 Å². The molecule has 283 valence electrons. The van der Waals surface area contributed by atoms with Crippen LogP contribution in [0.3, 0.4) is 0 Å². The van der Waals surface area contributed by atoms with E-state index in [1.165, 1.54) is 0 Å². The fourth-order valence-electron chi connectivity index (χ4n) is 7.36. The van der Waals surface area contributed by atoms with Crippen LogP contribution in [-0.4, -0.2) is 88.6 Å². The highest BCUT2D eigenvalue weighted by Crippen LogP contribution is 2.41. The van der Waals surface area contributed by atoms with Crippen molar-refractivity contribution in [1.29, 1.82) is 0 Å². The third kappa shape index (κ3) is 7.85. The van der Waals surface area contributed by atoms with E-state index in [4.69, 9.17) is 32.1 Å². The summed E-state index contributed by atoms with van der Waals surface area (Å²) >= 11 is 6.54. The molecule has 4 heterocycles. The molecule has 3 radical (unpaired) electrons. The number of thiazole rings is 1. The zero-order valence-electron chi connectivity index (χ0n) is 32.1. The summed E-state index contributed by atoms with van der Waals surface area (Å²) in [5.41, 5.74) is 3.54. The number of nitrogens with one attached hydrogen (secondary N) is 2. The number of carbonyl (C=O) groups is 2. The van der Waals surface area contributed by atoms with E-state index in [2.05, 4.69) is 82.1 Å². The first-order valence-electron chi connectivity index (χ1n) is 18.6. The third-order valence-electron chi connectivity index (χ3n) is 10.2. The predicted molar refractivity (Wildman–Crippen MR) is 222 cm³/mol. The zero-order chi connectivity index (χ0) is 38.6. The van der Waals surface area contributed by atoms with Crippen molar-refractivity contribution in [3.8, 4) is 22.4 Å². The molecule has 5 aromatic rings. The highest BCUT2D eigenvalue weighted by molar-refractivity contribution is 7.81. The lowest BCUT2D eigenvalue weighted by Gasteiger charge is -2.44. The van der Waals surface area contributed by atoms with Gasteiger partial charge in [-0.3, -0.25) is 4.90 Å². The smallest absolute Gasteiger partial charge is 0.411 e. The van der Waals surface area contributed by atoms with Crippen molar-refractivity contribution >= 4 is 72.5 Å². The van der Waals surface area contributed by atoms with Gasteiger partial charge in [0.1, 0.15) is 17.0 Å². The van der Waals surface area contributed by atoms with E-state index < -0.39 is 21.8 Å². The summed E-state index contributed by atoms with van der Waals surface area (Å²) in [7, 11) is 3.92. The molecule has 54 heavy (non-hydrogen) atoms. The second-order valence-corrected chi connectivity index (χ2v) is 19.3. The molecule has 0 bridgehead atoms. The van der Waals surface area contributed by atoms with Crippen LogP contribution in [0, 0.1) is 0 Å². The van der Waals surface area contributed by atoms with Gasteiger partial charge >= 0.3 is 12.2 Å². The molecule has 3 aromatic carbocycles. The summed E-state index contributed by atoms with van der Waals surface area (Å²) < 4.78 is 12.4. The number of carbonyl (C=O) groups excluding carboxylic acids is 2. The number of hydrogen-bond acceptors (Lipinski definition) is 9. The van der Waals surface area contributed by atoms with Gasteiger partial charge in [0.2, 0.25) is 0 Å². The van der Waals surface area contributed by atoms with Crippen LogP contribution < -0.4 is 5.32 Å². The number of likely N-dealkylation sites (tertiary alicyclic amines) is 2. The first kappa shape index (κ1) is 38.2. The topological polar surface area (TPSA) is 113 Å².